The van der Waals surface area contributed by atoms with Gasteiger partial charge in [0.2, 0.25) is 0 Å². The van der Waals surface area contributed by atoms with Gasteiger partial charge in [0.1, 0.15) is 11.4 Å². The van der Waals surface area contributed by atoms with Crippen LogP contribution in [0.1, 0.15) is 57.0 Å². The van der Waals surface area contributed by atoms with Crippen molar-refractivity contribution in [1.29, 1.82) is 0 Å². The topological polar surface area (TPSA) is 46.6 Å². The smallest absolute Gasteiger partial charge is 0.415 e. The Morgan fingerprint density at radius 1 is 1.32 bits per heavy atom. The minimum Gasteiger partial charge on any atom is -0.443 e. The number of fused-ring (bicyclic) bond motifs is 1. The van der Waals surface area contributed by atoms with Crippen LogP contribution in [-0.4, -0.2) is 23.0 Å². The summed E-state index contributed by atoms with van der Waals surface area (Å²) in [6.07, 6.45) is -0.401. The molecule has 0 aromatic heterocycles. The molecule has 0 N–H and O–H groups in total. The van der Waals surface area contributed by atoms with Crippen molar-refractivity contribution in [2.75, 3.05) is 4.90 Å². The molecule has 1 aliphatic heterocycles. The van der Waals surface area contributed by atoms with Crippen molar-refractivity contribution in [2.45, 2.75) is 59.1 Å². The summed E-state index contributed by atoms with van der Waals surface area (Å²) in [5.41, 5.74) is -0.229. The molecule has 1 amide bonds. The summed E-state index contributed by atoms with van der Waals surface area (Å²) in [6, 6.07) is 2.54. The van der Waals surface area contributed by atoms with Crippen LogP contribution in [0.2, 0.25) is 0 Å². The molecule has 1 heterocycles. The molecule has 0 spiro atoms. The number of rotatable bonds is 0. The molecule has 0 aliphatic carbocycles. The molecular formula is C17H22FNO3. The van der Waals surface area contributed by atoms with Crippen molar-refractivity contribution >= 4 is 17.6 Å². The van der Waals surface area contributed by atoms with E-state index in [2.05, 4.69) is 0 Å². The van der Waals surface area contributed by atoms with Gasteiger partial charge in [0.05, 0.1) is 11.2 Å². The van der Waals surface area contributed by atoms with E-state index < -0.39 is 23.1 Å². The molecule has 4 nitrogen and oxygen atoms in total. The van der Waals surface area contributed by atoms with Crippen molar-refractivity contribution in [1.82, 2.24) is 0 Å². The maximum Gasteiger partial charge on any atom is 0.415 e. The highest BCUT2D eigenvalue weighted by atomic mass is 19.1. The van der Waals surface area contributed by atoms with Crippen LogP contribution in [-0.2, 0) is 4.74 Å². The first-order valence-corrected chi connectivity index (χ1v) is 7.29. The van der Waals surface area contributed by atoms with Gasteiger partial charge < -0.3 is 4.74 Å². The van der Waals surface area contributed by atoms with Crippen LogP contribution in [0.3, 0.4) is 0 Å². The van der Waals surface area contributed by atoms with E-state index in [1.54, 1.807) is 41.5 Å². The van der Waals surface area contributed by atoms with Gasteiger partial charge in [-0.2, -0.15) is 0 Å². The number of carbonyl (C=O) groups excluding carboxylic acids is 2. The quantitative estimate of drug-likeness (QED) is 0.720. The Bertz CT molecular complexity index is 644. The summed E-state index contributed by atoms with van der Waals surface area (Å²) < 4.78 is 19.3. The third-order valence-corrected chi connectivity index (χ3v) is 3.57. The van der Waals surface area contributed by atoms with Crippen molar-refractivity contribution in [3.63, 3.8) is 0 Å². The third kappa shape index (κ3) is 2.98. The fourth-order valence-electron chi connectivity index (χ4n) is 2.80. The molecule has 22 heavy (non-hydrogen) atoms. The van der Waals surface area contributed by atoms with E-state index in [1.807, 2.05) is 0 Å². The molecule has 0 saturated carbocycles. The number of aryl methyl sites for hydroxylation is 1. The molecule has 1 aromatic rings. The Kier molecular flexibility index (Phi) is 3.80. The van der Waals surface area contributed by atoms with Gasteiger partial charge in [0, 0.05) is 12.0 Å². The zero-order valence-corrected chi connectivity index (χ0v) is 13.9. The number of ether oxygens (including phenoxy) is 1. The highest BCUT2D eigenvalue weighted by molar-refractivity contribution is 6.10. The Morgan fingerprint density at radius 2 is 1.91 bits per heavy atom. The number of hydrogen-bond acceptors (Lipinski definition) is 3. The molecule has 5 heteroatoms. The largest absolute Gasteiger partial charge is 0.443 e. The molecule has 1 aliphatic rings. The van der Waals surface area contributed by atoms with Crippen LogP contribution in [0.4, 0.5) is 14.9 Å². The second-order valence-electron chi connectivity index (χ2n) is 7.34. The van der Waals surface area contributed by atoms with E-state index in [0.717, 1.165) is 0 Å². The van der Waals surface area contributed by atoms with E-state index in [9.17, 15) is 14.0 Å². The van der Waals surface area contributed by atoms with Crippen LogP contribution in [0.15, 0.2) is 12.1 Å². The number of Topliss-reactive ketones (excluding diaryl/α,β-unsaturated/α-hetero) is 1. The van der Waals surface area contributed by atoms with E-state index in [4.69, 9.17) is 4.74 Å². The molecule has 120 valence electrons. The number of benzene rings is 1. The van der Waals surface area contributed by atoms with Gasteiger partial charge in [-0.05, 0) is 59.2 Å². The van der Waals surface area contributed by atoms with E-state index in [-0.39, 0.29) is 17.9 Å². The van der Waals surface area contributed by atoms with Crippen LogP contribution in [0, 0.1) is 12.7 Å². The maximum atomic E-state index is 13.8. The molecule has 2 rings (SSSR count). The summed E-state index contributed by atoms with van der Waals surface area (Å²) >= 11 is 0. The average molecular weight is 307 g/mol. The van der Waals surface area contributed by atoms with E-state index >= 15 is 0 Å². The van der Waals surface area contributed by atoms with Gasteiger partial charge in [0.25, 0.3) is 0 Å². The highest BCUT2D eigenvalue weighted by Gasteiger charge is 2.43. The van der Waals surface area contributed by atoms with Crippen molar-refractivity contribution in [3.8, 4) is 0 Å². The number of nitrogens with zero attached hydrogens (tertiary/aromatic N) is 1. The molecule has 0 fully saturated rings. The lowest BCUT2D eigenvalue weighted by molar-refractivity contribution is 0.0536. The predicted molar refractivity (Wildman–Crippen MR) is 82.9 cm³/mol. The Balaban J connectivity index is 2.60. The minimum absolute atomic E-state index is 0.0858. The zero-order valence-electron chi connectivity index (χ0n) is 13.9. The monoisotopic (exact) mass is 307 g/mol. The molecule has 0 unspecified atom stereocenters. The van der Waals surface area contributed by atoms with Gasteiger partial charge in [-0.1, -0.05) is 0 Å². The number of halogens is 1. The molecular weight excluding hydrogens is 285 g/mol. The van der Waals surface area contributed by atoms with Crippen molar-refractivity contribution in [2.24, 2.45) is 0 Å². The van der Waals surface area contributed by atoms with E-state index in [1.165, 1.54) is 17.0 Å². The number of amides is 1. The lowest BCUT2D eigenvalue weighted by Gasteiger charge is -2.43. The van der Waals surface area contributed by atoms with Gasteiger partial charge in [0.15, 0.2) is 5.78 Å². The van der Waals surface area contributed by atoms with Crippen LogP contribution in [0.25, 0.3) is 0 Å². The Hall–Kier alpha value is -1.91. The Morgan fingerprint density at radius 3 is 2.45 bits per heavy atom. The van der Waals surface area contributed by atoms with Gasteiger partial charge in [-0.3, -0.25) is 9.69 Å². The second kappa shape index (κ2) is 5.07. The lowest BCUT2D eigenvalue weighted by Crippen LogP contribution is -2.54. The van der Waals surface area contributed by atoms with Crippen molar-refractivity contribution in [3.05, 3.63) is 29.1 Å². The lowest BCUT2D eigenvalue weighted by atomic mass is 9.84. The fourth-order valence-corrected chi connectivity index (χ4v) is 2.80. The molecule has 0 atom stereocenters. The fraction of sp³-hybridized carbons (Fsp3) is 0.529. The highest BCUT2D eigenvalue weighted by Crippen LogP contribution is 2.39. The summed E-state index contributed by atoms with van der Waals surface area (Å²) in [5, 5.41) is 0. The van der Waals surface area contributed by atoms with E-state index in [0.29, 0.717) is 11.1 Å². The molecule has 1 aromatic carbocycles. The van der Waals surface area contributed by atoms with Crippen molar-refractivity contribution < 1.29 is 18.7 Å². The van der Waals surface area contributed by atoms with Gasteiger partial charge in [-0.25, -0.2) is 9.18 Å². The minimum atomic E-state index is -0.771. The Labute approximate surface area is 130 Å². The molecule has 0 bridgehead atoms. The summed E-state index contributed by atoms with van der Waals surface area (Å²) in [7, 11) is 0. The number of hydrogen-bond donors (Lipinski definition) is 0. The third-order valence-electron chi connectivity index (χ3n) is 3.57. The maximum absolute atomic E-state index is 13.8. The number of anilines is 1. The van der Waals surface area contributed by atoms with Crippen LogP contribution >= 0.6 is 0 Å². The first-order chi connectivity index (χ1) is 9.92. The zero-order chi connectivity index (χ0) is 16.9. The second-order valence-corrected chi connectivity index (χ2v) is 7.34. The first kappa shape index (κ1) is 16.5. The summed E-state index contributed by atoms with van der Waals surface area (Å²) in [5.74, 6) is -0.562. The standard InChI is InChI=1S/C17H22FNO3/c1-10-7-11(18)8-12-14(10)13(20)9-17(5,6)19(12)15(21)22-16(2,3)4/h7-8H,9H2,1-6H3. The van der Waals surface area contributed by atoms with Gasteiger partial charge >= 0.3 is 6.09 Å². The number of ketones is 1. The summed E-state index contributed by atoms with van der Waals surface area (Å²) in [6.45, 7) is 10.5. The normalized spacial score (nSPS) is 17.2. The van der Waals surface area contributed by atoms with Crippen LogP contribution in [0.5, 0.6) is 0 Å². The average Bonchev–Trinajstić information content (AvgIpc) is 2.21. The predicted octanol–water partition coefficient (Wildman–Crippen LogP) is 4.24. The first-order valence-electron chi connectivity index (χ1n) is 7.29. The van der Waals surface area contributed by atoms with Gasteiger partial charge in [-0.15, -0.1) is 0 Å². The van der Waals surface area contributed by atoms with Crippen LogP contribution < -0.4 is 4.90 Å². The molecule has 0 saturated heterocycles. The summed E-state index contributed by atoms with van der Waals surface area (Å²) in [4.78, 5) is 26.4. The number of carbonyl (C=O) groups is 2. The SMILES string of the molecule is Cc1cc(F)cc2c1C(=O)CC(C)(C)N2C(=O)OC(C)(C)C. The molecule has 0 radical (unpaired) electrons.